The van der Waals surface area contributed by atoms with Gasteiger partial charge in [0.25, 0.3) is 5.91 Å². The fraction of sp³-hybridized carbons (Fsp3) is 0.231. The van der Waals surface area contributed by atoms with Crippen molar-refractivity contribution in [3.8, 4) is 5.75 Å². The fourth-order valence-electron chi connectivity index (χ4n) is 3.47. The molecular formula is C26H25Cl3N2O3. The Morgan fingerprint density at radius 3 is 2.35 bits per heavy atom. The van der Waals surface area contributed by atoms with Crippen molar-refractivity contribution in [3.05, 3.63) is 99.0 Å². The average Bonchev–Trinajstić information content (AvgIpc) is 2.83. The summed E-state index contributed by atoms with van der Waals surface area (Å²) >= 11 is 18.3. The zero-order valence-corrected chi connectivity index (χ0v) is 20.9. The lowest BCUT2D eigenvalue weighted by atomic mass is 10.0. The summed E-state index contributed by atoms with van der Waals surface area (Å²) in [5, 5.41) is 4.14. The molecule has 34 heavy (non-hydrogen) atoms. The molecule has 0 heterocycles. The van der Waals surface area contributed by atoms with Crippen LogP contribution in [0.4, 0.5) is 0 Å². The molecule has 5 nitrogen and oxygen atoms in total. The molecule has 3 aromatic carbocycles. The van der Waals surface area contributed by atoms with Crippen molar-refractivity contribution in [1.29, 1.82) is 0 Å². The van der Waals surface area contributed by atoms with Crippen molar-refractivity contribution < 1.29 is 14.3 Å². The molecule has 0 aliphatic carbocycles. The molecule has 0 radical (unpaired) electrons. The molecule has 1 atom stereocenters. The number of rotatable bonds is 10. The third kappa shape index (κ3) is 7.39. The van der Waals surface area contributed by atoms with Gasteiger partial charge in [0.2, 0.25) is 5.91 Å². The first kappa shape index (κ1) is 25.9. The van der Waals surface area contributed by atoms with Gasteiger partial charge in [0.15, 0.2) is 6.61 Å². The molecule has 0 aliphatic heterocycles. The smallest absolute Gasteiger partial charge is 0.261 e. The third-order valence-electron chi connectivity index (χ3n) is 5.12. The summed E-state index contributed by atoms with van der Waals surface area (Å²) in [7, 11) is 0. The number of hydrogen-bond acceptors (Lipinski definition) is 3. The number of likely N-dealkylation sites (N-methyl/N-ethyl adjacent to an activating group) is 1. The number of carbonyl (C=O) groups is 2. The van der Waals surface area contributed by atoms with Gasteiger partial charge in [-0.25, -0.2) is 0 Å². The summed E-state index contributed by atoms with van der Waals surface area (Å²) in [5.41, 5.74) is 1.68. The van der Waals surface area contributed by atoms with E-state index < -0.39 is 6.04 Å². The normalized spacial score (nSPS) is 11.5. The van der Waals surface area contributed by atoms with E-state index in [4.69, 9.17) is 39.5 Å². The Bertz CT molecular complexity index is 1130. The van der Waals surface area contributed by atoms with Crippen molar-refractivity contribution in [1.82, 2.24) is 10.2 Å². The second kappa shape index (κ2) is 12.7. The van der Waals surface area contributed by atoms with Gasteiger partial charge in [-0.05, 0) is 48.4 Å². The maximum atomic E-state index is 13.4. The standard InChI is InChI=1S/C26H25Cl3N2O3/c1-2-30-26(33)24(14-18-7-4-3-5-8-18)31(16-19-11-12-22(28)23(29)13-19)25(32)17-34-21-10-6-9-20(27)15-21/h3-13,15,24H,2,14,16-17H2,1H3,(H,30,33). The molecule has 0 saturated heterocycles. The molecule has 0 aliphatic rings. The summed E-state index contributed by atoms with van der Waals surface area (Å²) < 4.78 is 5.70. The number of ether oxygens (including phenoxy) is 1. The van der Waals surface area contributed by atoms with Crippen LogP contribution in [0, 0.1) is 0 Å². The topological polar surface area (TPSA) is 58.6 Å². The van der Waals surface area contributed by atoms with Crippen LogP contribution in [0.1, 0.15) is 18.1 Å². The van der Waals surface area contributed by atoms with Crippen LogP contribution in [0.3, 0.4) is 0 Å². The molecule has 0 saturated carbocycles. The van der Waals surface area contributed by atoms with E-state index in [1.165, 1.54) is 4.90 Å². The highest BCUT2D eigenvalue weighted by Gasteiger charge is 2.30. The Morgan fingerprint density at radius 2 is 1.68 bits per heavy atom. The molecule has 3 rings (SSSR count). The van der Waals surface area contributed by atoms with E-state index in [0.29, 0.717) is 33.8 Å². The molecule has 178 valence electrons. The van der Waals surface area contributed by atoms with Crippen molar-refractivity contribution in [3.63, 3.8) is 0 Å². The van der Waals surface area contributed by atoms with Gasteiger partial charge in [-0.1, -0.05) is 77.3 Å². The van der Waals surface area contributed by atoms with Gasteiger partial charge in [-0.15, -0.1) is 0 Å². The quantitative estimate of drug-likeness (QED) is 0.368. The number of carbonyl (C=O) groups excluding carboxylic acids is 2. The lowest BCUT2D eigenvalue weighted by Gasteiger charge is -2.31. The van der Waals surface area contributed by atoms with Crippen LogP contribution < -0.4 is 10.1 Å². The number of nitrogens with zero attached hydrogens (tertiary/aromatic N) is 1. The first-order valence-electron chi connectivity index (χ1n) is 10.8. The summed E-state index contributed by atoms with van der Waals surface area (Å²) in [4.78, 5) is 28.1. The van der Waals surface area contributed by atoms with E-state index in [9.17, 15) is 9.59 Å². The molecule has 1 N–H and O–H groups in total. The SMILES string of the molecule is CCNC(=O)C(Cc1ccccc1)N(Cc1ccc(Cl)c(Cl)c1)C(=O)COc1cccc(Cl)c1. The molecule has 3 aromatic rings. The van der Waals surface area contributed by atoms with E-state index >= 15 is 0 Å². The first-order chi connectivity index (χ1) is 16.4. The van der Waals surface area contributed by atoms with Crippen molar-refractivity contribution in [2.45, 2.75) is 25.9 Å². The Balaban J connectivity index is 1.91. The predicted octanol–water partition coefficient (Wildman–Crippen LogP) is 5.80. The highest BCUT2D eigenvalue weighted by Crippen LogP contribution is 2.24. The third-order valence-corrected chi connectivity index (χ3v) is 6.09. The van der Waals surface area contributed by atoms with Crippen LogP contribution in [-0.4, -0.2) is 35.9 Å². The van der Waals surface area contributed by atoms with Gasteiger partial charge < -0.3 is 15.0 Å². The van der Waals surface area contributed by atoms with E-state index in [1.807, 2.05) is 37.3 Å². The van der Waals surface area contributed by atoms with Crippen molar-refractivity contribution >= 4 is 46.6 Å². The molecular weight excluding hydrogens is 495 g/mol. The van der Waals surface area contributed by atoms with Crippen LogP contribution in [0.25, 0.3) is 0 Å². The highest BCUT2D eigenvalue weighted by atomic mass is 35.5. The lowest BCUT2D eigenvalue weighted by Crippen LogP contribution is -2.51. The minimum Gasteiger partial charge on any atom is -0.484 e. The maximum absolute atomic E-state index is 13.4. The zero-order chi connectivity index (χ0) is 24.5. The van der Waals surface area contributed by atoms with Crippen LogP contribution >= 0.6 is 34.8 Å². The maximum Gasteiger partial charge on any atom is 0.261 e. The number of hydrogen-bond donors (Lipinski definition) is 1. The molecule has 0 fully saturated rings. The highest BCUT2D eigenvalue weighted by molar-refractivity contribution is 6.42. The molecule has 1 unspecified atom stereocenters. The van der Waals surface area contributed by atoms with Gasteiger partial charge in [0.05, 0.1) is 10.0 Å². The lowest BCUT2D eigenvalue weighted by molar-refractivity contribution is -0.142. The van der Waals surface area contributed by atoms with Crippen LogP contribution in [0.15, 0.2) is 72.8 Å². The molecule has 0 bridgehead atoms. The summed E-state index contributed by atoms with van der Waals surface area (Å²) in [6, 6.07) is 20.7. The van der Waals surface area contributed by atoms with Crippen LogP contribution in [0.5, 0.6) is 5.75 Å². The van der Waals surface area contributed by atoms with Crippen LogP contribution in [-0.2, 0) is 22.6 Å². The second-order valence-electron chi connectivity index (χ2n) is 7.62. The minimum atomic E-state index is -0.757. The van der Waals surface area contributed by atoms with Gasteiger partial charge >= 0.3 is 0 Å². The number of nitrogens with one attached hydrogen (secondary N) is 1. The number of amides is 2. The van der Waals surface area contributed by atoms with Gasteiger partial charge in [0, 0.05) is 24.5 Å². The average molecular weight is 520 g/mol. The molecule has 8 heteroatoms. The second-order valence-corrected chi connectivity index (χ2v) is 8.87. The van der Waals surface area contributed by atoms with Gasteiger partial charge in [-0.3, -0.25) is 9.59 Å². The van der Waals surface area contributed by atoms with Crippen molar-refractivity contribution in [2.75, 3.05) is 13.2 Å². The van der Waals surface area contributed by atoms with E-state index in [0.717, 1.165) is 11.1 Å². The van der Waals surface area contributed by atoms with E-state index in [-0.39, 0.29) is 25.0 Å². The predicted molar refractivity (Wildman–Crippen MR) is 137 cm³/mol. The first-order valence-corrected chi connectivity index (χ1v) is 11.9. The van der Waals surface area contributed by atoms with Gasteiger partial charge in [0.1, 0.15) is 11.8 Å². The molecule has 2 amide bonds. The van der Waals surface area contributed by atoms with Crippen molar-refractivity contribution in [2.24, 2.45) is 0 Å². The Kier molecular flexibility index (Phi) is 9.63. The van der Waals surface area contributed by atoms with E-state index in [1.54, 1.807) is 42.5 Å². The summed E-state index contributed by atoms with van der Waals surface area (Å²) in [6.07, 6.45) is 0.344. The van der Waals surface area contributed by atoms with Gasteiger partial charge in [-0.2, -0.15) is 0 Å². The Morgan fingerprint density at radius 1 is 0.912 bits per heavy atom. The largest absolute Gasteiger partial charge is 0.484 e. The fourth-order valence-corrected chi connectivity index (χ4v) is 3.97. The summed E-state index contributed by atoms with van der Waals surface area (Å²) in [6.45, 7) is 2.18. The van der Waals surface area contributed by atoms with E-state index in [2.05, 4.69) is 5.32 Å². The Labute approximate surface area is 214 Å². The van der Waals surface area contributed by atoms with Crippen LogP contribution in [0.2, 0.25) is 15.1 Å². The molecule has 0 spiro atoms. The number of halogens is 3. The molecule has 0 aromatic heterocycles. The number of benzene rings is 3. The zero-order valence-electron chi connectivity index (χ0n) is 18.6. The minimum absolute atomic E-state index is 0.156. The summed E-state index contributed by atoms with van der Waals surface area (Å²) in [5.74, 6) is -0.131. The monoisotopic (exact) mass is 518 g/mol. The Hall–Kier alpha value is -2.73.